The fourth-order valence-electron chi connectivity index (χ4n) is 6.04. The van der Waals surface area contributed by atoms with Gasteiger partial charge in [-0.2, -0.15) is 10.5 Å². The van der Waals surface area contributed by atoms with Crippen LogP contribution in [-0.2, 0) is 0 Å². The predicted molar refractivity (Wildman–Crippen MR) is 174 cm³/mol. The number of nitrogens with zero attached hydrogens (tertiary/aromatic N) is 3. The third-order valence-corrected chi connectivity index (χ3v) is 9.19. The van der Waals surface area contributed by atoms with Crippen molar-refractivity contribution in [3.63, 3.8) is 0 Å². The summed E-state index contributed by atoms with van der Waals surface area (Å²) in [6.45, 7) is 0. The van der Waals surface area contributed by atoms with Crippen molar-refractivity contribution in [3.8, 4) is 40.1 Å². The summed E-state index contributed by atoms with van der Waals surface area (Å²) in [5.41, 5.74) is 8.85. The van der Waals surface area contributed by atoms with Crippen LogP contribution in [0.2, 0.25) is 0 Å². The zero-order valence-corrected chi connectivity index (χ0v) is 23.2. The minimum Gasteiger partial charge on any atom is -0.309 e. The Labute approximate surface area is 246 Å². The van der Waals surface area contributed by atoms with Crippen LogP contribution >= 0.6 is 11.3 Å². The van der Waals surface area contributed by atoms with E-state index in [1.165, 1.54) is 20.2 Å². The maximum Gasteiger partial charge on any atom is 0.0991 e. The molecule has 0 spiro atoms. The zero-order chi connectivity index (χ0) is 28.2. The van der Waals surface area contributed by atoms with Gasteiger partial charge in [0.2, 0.25) is 0 Å². The predicted octanol–water partition coefficient (Wildman–Crippen LogP) is 10.2. The van der Waals surface area contributed by atoms with Gasteiger partial charge in [0.1, 0.15) is 0 Å². The molecule has 0 fully saturated rings. The second kappa shape index (κ2) is 9.46. The molecule has 0 saturated carbocycles. The second-order valence-electron chi connectivity index (χ2n) is 10.5. The number of para-hydroxylation sites is 1. The van der Waals surface area contributed by atoms with Crippen molar-refractivity contribution in [3.05, 3.63) is 139 Å². The van der Waals surface area contributed by atoms with Gasteiger partial charge in [-0.05, 0) is 95.1 Å². The van der Waals surface area contributed by atoms with Crippen molar-refractivity contribution in [1.29, 1.82) is 10.5 Å². The lowest BCUT2D eigenvalue weighted by Gasteiger charge is -2.14. The van der Waals surface area contributed by atoms with E-state index in [9.17, 15) is 10.5 Å². The average molecular weight is 552 g/mol. The molecule has 8 aromatic rings. The molecule has 8 rings (SSSR count). The molecule has 0 saturated heterocycles. The average Bonchev–Trinajstić information content (AvgIpc) is 3.59. The Kier molecular flexibility index (Phi) is 5.44. The van der Waals surface area contributed by atoms with Gasteiger partial charge in [-0.3, -0.25) is 0 Å². The van der Waals surface area contributed by atoms with Gasteiger partial charge in [0.25, 0.3) is 0 Å². The lowest BCUT2D eigenvalue weighted by atomic mass is 9.96. The summed E-state index contributed by atoms with van der Waals surface area (Å²) in [6, 6.07) is 48.6. The third-order valence-electron chi connectivity index (χ3n) is 8.04. The Bertz CT molecular complexity index is 2430. The number of aromatic nitrogens is 1. The number of benzene rings is 6. The molecule has 0 atom stereocenters. The zero-order valence-electron chi connectivity index (χ0n) is 22.4. The maximum absolute atomic E-state index is 9.60. The highest BCUT2D eigenvalue weighted by molar-refractivity contribution is 7.25. The Hall–Kier alpha value is -5.68. The van der Waals surface area contributed by atoms with Crippen LogP contribution < -0.4 is 0 Å². The molecule has 42 heavy (non-hydrogen) atoms. The molecule has 0 aliphatic rings. The molecule has 2 heterocycles. The van der Waals surface area contributed by atoms with Crippen LogP contribution in [0.4, 0.5) is 0 Å². The molecule has 0 bridgehead atoms. The minimum atomic E-state index is 0.639. The van der Waals surface area contributed by atoms with E-state index in [0.717, 1.165) is 49.7 Å². The third kappa shape index (κ3) is 3.79. The van der Waals surface area contributed by atoms with Gasteiger partial charge in [-0.15, -0.1) is 11.3 Å². The van der Waals surface area contributed by atoms with E-state index in [0.29, 0.717) is 11.1 Å². The number of hydrogen-bond acceptors (Lipinski definition) is 3. The van der Waals surface area contributed by atoms with Crippen LogP contribution in [-0.4, -0.2) is 4.57 Å². The van der Waals surface area contributed by atoms with E-state index in [4.69, 9.17) is 0 Å². The summed E-state index contributed by atoms with van der Waals surface area (Å²) in [6.07, 6.45) is 0. The normalized spacial score (nSPS) is 11.3. The molecule has 0 radical (unpaired) electrons. The van der Waals surface area contributed by atoms with E-state index in [-0.39, 0.29) is 0 Å². The Morgan fingerprint density at radius 2 is 1.10 bits per heavy atom. The fourth-order valence-corrected chi connectivity index (χ4v) is 7.12. The lowest BCUT2D eigenvalue weighted by Crippen LogP contribution is -1.96. The van der Waals surface area contributed by atoms with E-state index < -0.39 is 0 Å². The quantitative estimate of drug-likeness (QED) is 0.219. The number of rotatable bonds is 3. The summed E-state index contributed by atoms with van der Waals surface area (Å²) in [7, 11) is 0. The summed E-state index contributed by atoms with van der Waals surface area (Å²) in [5, 5.41) is 23.7. The number of thiophene rings is 1. The van der Waals surface area contributed by atoms with Crippen molar-refractivity contribution in [2.45, 2.75) is 0 Å². The van der Waals surface area contributed by atoms with Gasteiger partial charge < -0.3 is 4.57 Å². The van der Waals surface area contributed by atoms with Crippen LogP contribution in [0.15, 0.2) is 127 Å². The van der Waals surface area contributed by atoms with E-state index in [2.05, 4.69) is 95.6 Å². The molecule has 0 aliphatic carbocycles. The van der Waals surface area contributed by atoms with Gasteiger partial charge in [0, 0.05) is 36.6 Å². The van der Waals surface area contributed by atoms with Crippen molar-refractivity contribution >= 4 is 53.3 Å². The van der Waals surface area contributed by atoms with Crippen molar-refractivity contribution in [2.75, 3.05) is 0 Å². The Morgan fingerprint density at radius 1 is 0.452 bits per heavy atom. The topological polar surface area (TPSA) is 52.5 Å². The number of hydrogen-bond donors (Lipinski definition) is 0. The maximum atomic E-state index is 9.60. The van der Waals surface area contributed by atoms with Gasteiger partial charge >= 0.3 is 0 Å². The minimum absolute atomic E-state index is 0.639. The van der Waals surface area contributed by atoms with Crippen molar-refractivity contribution < 1.29 is 0 Å². The van der Waals surface area contributed by atoms with Gasteiger partial charge in [-0.25, -0.2) is 0 Å². The van der Waals surface area contributed by atoms with E-state index in [1.807, 2.05) is 59.9 Å². The first-order valence-electron chi connectivity index (χ1n) is 13.7. The van der Waals surface area contributed by atoms with Gasteiger partial charge in [-0.1, -0.05) is 54.6 Å². The van der Waals surface area contributed by atoms with Crippen molar-refractivity contribution in [1.82, 2.24) is 4.57 Å². The second-order valence-corrected chi connectivity index (χ2v) is 11.5. The number of nitriles is 2. The Morgan fingerprint density at radius 3 is 1.90 bits per heavy atom. The summed E-state index contributed by atoms with van der Waals surface area (Å²) in [5.74, 6) is 0. The van der Waals surface area contributed by atoms with Crippen LogP contribution in [0.1, 0.15) is 11.1 Å². The molecular weight excluding hydrogens is 531 g/mol. The molecule has 194 valence electrons. The van der Waals surface area contributed by atoms with Gasteiger partial charge in [0.15, 0.2) is 0 Å². The smallest absolute Gasteiger partial charge is 0.0991 e. The standard InChI is InChI=1S/C38H21N3S/c39-22-24-9-12-26(13-10-24)28-18-29(27-14-16-38-34(21-27)32-6-2-4-8-37(32)42-38)20-30(19-28)41-35-7-3-1-5-31(35)33-17-25(23-40)11-15-36(33)41/h1-21H. The molecule has 6 aromatic carbocycles. The molecule has 0 unspecified atom stereocenters. The van der Waals surface area contributed by atoms with E-state index >= 15 is 0 Å². The fraction of sp³-hybridized carbons (Fsp3) is 0. The monoisotopic (exact) mass is 551 g/mol. The van der Waals surface area contributed by atoms with Crippen molar-refractivity contribution in [2.24, 2.45) is 0 Å². The highest BCUT2D eigenvalue weighted by atomic mass is 32.1. The van der Waals surface area contributed by atoms with Crippen LogP contribution in [0.5, 0.6) is 0 Å². The first-order chi connectivity index (χ1) is 20.7. The van der Waals surface area contributed by atoms with Crippen LogP contribution in [0.25, 0.3) is 69.9 Å². The summed E-state index contributed by atoms with van der Waals surface area (Å²) in [4.78, 5) is 0. The first-order valence-corrected chi connectivity index (χ1v) is 14.5. The Balaban J connectivity index is 1.42. The molecule has 3 nitrogen and oxygen atoms in total. The molecule has 0 N–H and O–H groups in total. The molecule has 0 aliphatic heterocycles. The molecule has 0 amide bonds. The summed E-state index contributed by atoms with van der Waals surface area (Å²) < 4.78 is 4.86. The number of fused-ring (bicyclic) bond motifs is 6. The highest BCUT2D eigenvalue weighted by Gasteiger charge is 2.16. The summed E-state index contributed by atoms with van der Waals surface area (Å²) >= 11 is 1.82. The highest BCUT2D eigenvalue weighted by Crippen LogP contribution is 2.39. The van der Waals surface area contributed by atoms with Crippen LogP contribution in [0, 0.1) is 22.7 Å². The molecular formula is C38H21N3S. The SMILES string of the molecule is N#Cc1ccc(-c2cc(-c3ccc4sc5ccccc5c4c3)cc(-n3c4ccccc4c4cc(C#N)ccc43)c2)cc1. The largest absolute Gasteiger partial charge is 0.309 e. The first kappa shape index (κ1) is 24.1. The van der Waals surface area contributed by atoms with Crippen LogP contribution in [0.3, 0.4) is 0 Å². The van der Waals surface area contributed by atoms with Gasteiger partial charge in [0.05, 0.1) is 34.3 Å². The van der Waals surface area contributed by atoms with E-state index in [1.54, 1.807) is 0 Å². The lowest BCUT2D eigenvalue weighted by molar-refractivity contribution is 1.18. The molecule has 4 heteroatoms. The molecule has 2 aromatic heterocycles.